The zero-order valence-corrected chi connectivity index (χ0v) is 10.6. The fourth-order valence-electron chi connectivity index (χ4n) is 1.53. The Kier molecular flexibility index (Phi) is 4.82. The van der Waals surface area contributed by atoms with Crippen molar-refractivity contribution in [1.29, 1.82) is 0 Å². The van der Waals surface area contributed by atoms with Crippen LogP contribution in [0, 0.1) is 0 Å². The molecule has 0 saturated heterocycles. The summed E-state index contributed by atoms with van der Waals surface area (Å²) < 4.78 is 15.3. The van der Waals surface area contributed by atoms with Crippen LogP contribution in [0.15, 0.2) is 18.2 Å². The number of benzene rings is 1. The molecule has 0 aliphatic carbocycles. The summed E-state index contributed by atoms with van der Waals surface area (Å²) in [4.78, 5) is 11.6. The van der Waals surface area contributed by atoms with E-state index in [4.69, 9.17) is 14.2 Å². The lowest BCUT2D eigenvalue weighted by atomic mass is 10.0. The monoisotopic (exact) mass is 238 g/mol. The van der Waals surface area contributed by atoms with Crippen LogP contribution in [-0.4, -0.2) is 26.8 Å². The molecule has 17 heavy (non-hydrogen) atoms. The fraction of sp³-hybridized carbons (Fsp3) is 0.462. The van der Waals surface area contributed by atoms with Crippen molar-refractivity contribution >= 4 is 5.97 Å². The molecule has 0 saturated carbocycles. The summed E-state index contributed by atoms with van der Waals surface area (Å²) in [6.45, 7) is 3.98. The lowest BCUT2D eigenvalue weighted by molar-refractivity contribution is -0.144. The number of ether oxygens (including phenoxy) is 3. The molecule has 1 atom stereocenters. The van der Waals surface area contributed by atoms with Crippen LogP contribution in [0.5, 0.6) is 11.5 Å². The minimum Gasteiger partial charge on any atom is -0.493 e. The van der Waals surface area contributed by atoms with E-state index in [9.17, 15) is 4.79 Å². The Morgan fingerprint density at radius 1 is 1.24 bits per heavy atom. The highest BCUT2D eigenvalue weighted by Crippen LogP contribution is 2.30. The maximum atomic E-state index is 11.6. The zero-order valence-electron chi connectivity index (χ0n) is 10.6. The normalized spacial score (nSPS) is 11.8. The van der Waals surface area contributed by atoms with E-state index >= 15 is 0 Å². The van der Waals surface area contributed by atoms with Gasteiger partial charge in [-0.25, -0.2) is 0 Å². The molecule has 0 aromatic heterocycles. The lowest BCUT2D eigenvalue weighted by Gasteiger charge is -2.13. The number of carbonyl (C=O) groups excluding carboxylic acids is 1. The number of hydrogen-bond acceptors (Lipinski definition) is 4. The molecule has 0 aliphatic rings. The van der Waals surface area contributed by atoms with E-state index in [0.717, 1.165) is 5.56 Å². The highest BCUT2D eigenvalue weighted by atomic mass is 16.5. The average Bonchev–Trinajstić information content (AvgIpc) is 2.37. The minimum atomic E-state index is -0.310. The van der Waals surface area contributed by atoms with Crippen molar-refractivity contribution < 1.29 is 19.0 Å². The van der Waals surface area contributed by atoms with Gasteiger partial charge in [0.2, 0.25) is 0 Å². The van der Waals surface area contributed by atoms with E-state index in [1.807, 2.05) is 6.07 Å². The van der Waals surface area contributed by atoms with Gasteiger partial charge in [0, 0.05) is 0 Å². The van der Waals surface area contributed by atoms with Crippen molar-refractivity contribution in [1.82, 2.24) is 0 Å². The molecule has 4 nitrogen and oxygen atoms in total. The Bertz CT molecular complexity index is 387. The third-order valence-electron chi connectivity index (χ3n) is 2.55. The van der Waals surface area contributed by atoms with Gasteiger partial charge in [-0.15, -0.1) is 0 Å². The first-order valence-corrected chi connectivity index (χ1v) is 5.52. The van der Waals surface area contributed by atoms with Crippen LogP contribution < -0.4 is 9.47 Å². The summed E-state index contributed by atoms with van der Waals surface area (Å²) in [6.07, 6.45) is 0. The topological polar surface area (TPSA) is 44.8 Å². The summed E-state index contributed by atoms with van der Waals surface area (Å²) in [5.74, 6) is 0.711. The summed E-state index contributed by atoms with van der Waals surface area (Å²) in [7, 11) is 3.14. The smallest absolute Gasteiger partial charge is 0.313 e. The van der Waals surface area contributed by atoms with Crippen molar-refractivity contribution in [2.75, 3.05) is 20.8 Å². The van der Waals surface area contributed by atoms with E-state index in [-0.39, 0.29) is 11.9 Å². The molecule has 0 amide bonds. The van der Waals surface area contributed by atoms with E-state index in [1.165, 1.54) is 0 Å². The van der Waals surface area contributed by atoms with Crippen molar-refractivity contribution in [2.45, 2.75) is 19.8 Å². The van der Waals surface area contributed by atoms with E-state index < -0.39 is 0 Å². The molecule has 94 valence electrons. The molecular formula is C13H18O4. The average molecular weight is 238 g/mol. The largest absolute Gasteiger partial charge is 0.493 e. The van der Waals surface area contributed by atoms with E-state index in [1.54, 1.807) is 40.2 Å². The summed E-state index contributed by atoms with van der Waals surface area (Å²) in [5.41, 5.74) is 0.848. The summed E-state index contributed by atoms with van der Waals surface area (Å²) in [5, 5.41) is 0. The minimum absolute atomic E-state index is 0.236. The first-order chi connectivity index (χ1) is 8.13. The molecule has 0 radical (unpaired) electrons. The molecule has 1 aromatic carbocycles. The molecule has 0 unspecified atom stereocenters. The van der Waals surface area contributed by atoms with Gasteiger partial charge in [-0.05, 0) is 31.5 Å². The Morgan fingerprint density at radius 3 is 2.41 bits per heavy atom. The molecule has 1 aromatic rings. The van der Waals surface area contributed by atoms with Crippen molar-refractivity contribution in [3.8, 4) is 11.5 Å². The van der Waals surface area contributed by atoms with Gasteiger partial charge in [-0.2, -0.15) is 0 Å². The number of rotatable bonds is 5. The molecule has 0 aliphatic heterocycles. The standard InChI is InChI=1S/C13H18O4/c1-5-17-13(14)9(2)10-6-7-11(15-3)12(8-10)16-4/h6-9H,5H2,1-4H3/t9-/m0/s1. The predicted octanol–water partition coefficient (Wildman–Crippen LogP) is 2.37. The quantitative estimate of drug-likeness (QED) is 0.739. The van der Waals surface area contributed by atoms with E-state index in [2.05, 4.69) is 0 Å². The SMILES string of the molecule is CCOC(=O)[C@@H](C)c1ccc(OC)c(OC)c1. The Hall–Kier alpha value is -1.71. The third-order valence-corrected chi connectivity index (χ3v) is 2.55. The highest BCUT2D eigenvalue weighted by Gasteiger charge is 2.18. The van der Waals surface area contributed by atoms with Crippen LogP contribution in [0.2, 0.25) is 0 Å². The first kappa shape index (κ1) is 13.4. The number of methoxy groups -OCH3 is 2. The van der Waals surface area contributed by atoms with Crippen molar-refractivity contribution in [3.63, 3.8) is 0 Å². The molecule has 0 N–H and O–H groups in total. The summed E-state index contributed by atoms with van der Waals surface area (Å²) in [6, 6.07) is 5.41. The second kappa shape index (κ2) is 6.13. The second-order valence-electron chi connectivity index (χ2n) is 3.59. The number of carbonyl (C=O) groups is 1. The van der Waals surface area contributed by atoms with Crippen LogP contribution >= 0.6 is 0 Å². The Labute approximate surface area is 101 Å². The number of esters is 1. The molecule has 0 bridgehead atoms. The lowest BCUT2D eigenvalue weighted by Crippen LogP contribution is -2.13. The van der Waals surface area contributed by atoms with Gasteiger partial charge in [-0.3, -0.25) is 4.79 Å². The Morgan fingerprint density at radius 2 is 1.88 bits per heavy atom. The summed E-state index contributed by atoms with van der Waals surface area (Å²) >= 11 is 0. The molecule has 0 spiro atoms. The fourth-order valence-corrected chi connectivity index (χ4v) is 1.53. The predicted molar refractivity (Wildman–Crippen MR) is 64.6 cm³/mol. The Balaban J connectivity index is 2.95. The maximum absolute atomic E-state index is 11.6. The van der Waals surface area contributed by atoms with Crippen molar-refractivity contribution in [3.05, 3.63) is 23.8 Å². The third kappa shape index (κ3) is 3.12. The van der Waals surface area contributed by atoms with Gasteiger partial charge in [0.1, 0.15) is 0 Å². The van der Waals surface area contributed by atoms with Gasteiger partial charge in [0.25, 0.3) is 0 Å². The van der Waals surface area contributed by atoms with Crippen molar-refractivity contribution in [2.24, 2.45) is 0 Å². The van der Waals surface area contributed by atoms with Crippen LogP contribution in [0.4, 0.5) is 0 Å². The highest BCUT2D eigenvalue weighted by molar-refractivity contribution is 5.78. The zero-order chi connectivity index (χ0) is 12.8. The molecule has 1 rings (SSSR count). The van der Waals surface area contributed by atoms with Gasteiger partial charge in [0.05, 0.1) is 26.7 Å². The van der Waals surface area contributed by atoms with Crippen LogP contribution in [-0.2, 0) is 9.53 Å². The molecule has 0 fully saturated rings. The van der Waals surface area contributed by atoms with Crippen LogP contribution in [0.3, 0.4) is 0 Å². The van der Waals surface area contributed by atoms with E-state index in [0.29, 0.717) is 18.1 Å². The number of hydrogen-bond donors (Lipinski definition) is 0. The maximum Gasteiger partial charge on any atom is 0.313 e. The first-order valence-electron chi connectivity index (χ1n) is 5.52. The van der Waals surface area contributed by atoms with Gasteiger partial charge >= 0.3 is 5.97 Å². The van der Waals surface area contributed by atoms with Gasteiger partial charge in [-0.1, -0.05) is 6.07 Å². The van der Waals surface area contributed by atoms with Gasteiger partial charge in [0.15, 0.2) is 11.5 Å². The molecule has 0 heterocycles. The van der Waals surface area contributed by atoms with Crippen LogP contribution in [0.25, 0.3) is 0 Å². The molecule has 4 heteroatoms. The molecular weight excluding hydrogens is 220 g/mol. The van der Waals surface area contributed by atoms with Crippen LogP contribution in [0.1, 0.15) is 25.3 Å². The second-order valence-corrected chi connectivity index (χ2v) is 3.59. The van der Waals surface area contributed by atoms with Gasteiger partial charge < -0.3 is 14.2 Å².